The number of hydrogen-bond donors (Lipinski definition) is 1. The summed E-state index contributed by atoms with van der Waals surface area (Å²) in [5.41, 5.74) is -0.307. The van der Waals surface area contributed by atoms with Crippen molar-refractivity contribution in [1.29, 1.82) is 0 Å². The highest BCUT2D eigenvalue weighted by Gasteiger charge is 2.18. The predicted molar refractivity (Wildman–Crippen MR) is 69.8 cm³/mol. The first-order valence-corrected chi connectivity index (χ1v) is 5.54. The maximum atomic E-state index is 10.8. The Labute approximate surface area is 113 Å². The van der Waals surface area contributed by atoms with Gasteiger partial charge in [-0.15, -0.1) is 0 Å². The average Bonchev–Trinajstić information content (AvgIpc) is 2.83. The number of phenolic OH excluding ortho intramolecular Hbond substituents is 1. The Hall–Kier alpha value is -2.90. The van der Waals surface area contributed by atoms with Gasteiger partial charge in [-0.05, 0) is 13.0 Å². The molecule has 0 aliphatic heterocycles. The lowest BCUT2D eigenvalue weighted by Crippen LogP contribution is -1.94. The van der Waals surface area contributed by atoms with E-state index in [1.165, 1.54) is 19.4 Å². The SMILES string of the molecule is COc1cc(C=Nc2cc(C)on2)c(O)c([N+](=O)[O-])c1. The summed E-state index contributed by atoms with van der Waals surface area (Å²) in [6.07, 6.45) is 1.25. The van der Waals surface area contributed by atoms with E-state index in [1.807, 2.05) is 0 Å². The minimum atomic E-state index is -0.699. The van der Waals surface area contributed by atoms with E-state index in [0.717, 1.165) is 6.07 Å². The second-order valence-electron chi connectivity index (χ2n) is 3.90. The number of aromatic nitrogens is 1. The number of hydrogen-bond acceptors (Lipinski definition) is 7. The number of nitrogens with zero attached hydrogens (tertiary/aromatic N) is 3. The highest BCUT2D eigenvalue weighted by molar-refractivity contribution is 5.88. The van der Waals surface area contributed by atoms with Gasteiger partial charge in [-0.1, -0.05) is 5.16 Å². The number of nitro groups is 1. The fourth-order valence-corrected chi connectivity index (χ4v) is 1.52. The van der Waals surface area contributed by atoms with E-state index in [9.17, 15) is 15.2 Å². The summed E-state index contributed by atoms with van der Waals surface area (Å²) in [7, 11) is 1.37. The van der Waals surface area contributed by atoms with Crippen molar-refractivity contribution in [2.45, 2.75) is 6.92 Å². The zero-order valence-electron chi connectivity index (χ0n) is 10.7. The third kappa shape index (κ3) is 2.74. The molecule has 0 bridgehead atoms. The highest BCUT2D eigenvalue weighted by Crippen LogP contribution is 2.33. The minimum Gasteiger partial charge on any atom is -0.502 e. The summed E-state index contributed by atoms with van der Waals surface area (Å²) in [5.74, 6) is 0.636. The van der Waals surface area contributed by atoms with Gasteiger partial charge in [-0.3, -0.25) is 10.1 Å². The highest BCUT2D eigenvalue weighted by atomic mass is 16.6. The zero-order chi connectivity index (χ0) is 14.7. The second-order valence-corrected chi connectivity index (χ2v) is 3.90. The number of aliphatic imine (C=N–C) groups is 1. The molecular formula is C12H11N3O5. The van der Waals surface area contributed by atoms with Gasteiger partial charge in [0.2, 0.25) is 5.75 Å². The van der Waals surface area contributed by atoms with Crippen LogP contribution >= 0.6 is 0 Å². The number of aryl methyl sites for hydroxylation is 1. The first kappa shape index (κ1) is 13.5. The summed E-state index contributed by atoms with van der Waals surface area (Å²) >= 11 is 0. The van der Waals surface area contributed by atoms with Crippen LogP contribution in [0.5, 0.6) is 11.5 Å². The predicted octanol–water partition coefficient (Wildman–Crippen LogP) is 2.36. The van der Waals surface area contributed by atoms with Crippen molar-refractivity contribution < 1.29 is 19.3 Å². The number of rotatable bonds is 4. The van der Waals surface area contributed by atoms with Gasteiger partial charge in [0.1, 0.15) is 11.5 Å². The number of phenols is 1. The van der Waals surface area contributed by atoms with Gasteiger partial charge in [0, 0.05) is 17.8 Å². The lowest BCUT2D eigenvalue weighted by atomic mass is 10.1. The third-order valence-corrected chi connectivity index (χ3v) is 2.48. The van der Waals surface area contributed by atoms with E-state index < -0.39 is 16.4 Å². The van der Waals surface area contributed by atoms with Crippen molar-refractivity contribution in [2.24, 2.45) is 4.99 Å². The first-order chi connectivity index (χ1) is 9.51. The Morgan fingerprint density at radius 3 is 2.80 bits per heavy atom. The Morgan fingerprint density at radius 1 is 1.50 bits per heavy atom. The molecule has 0 amide bonds. The van der Waals surface area contributed by atoms with Crippen molar-refractivity contribution in [1.82, 2.24) is 5.16 Å². The molecule has 0 saturated heterocycles. The van der Waals surface area contributed by atoms with Gasteiger partial charge in [0.25, 0.3) is 0 Å². The van der Waals surface area contributed by atoms with Crippen LogP contribution in [0.25, 0.3) is 0 Å². The Balaban J connectivity index is 2.42. The lowest BCUT2D eigenvalue weighted by Gasteiger charge is -2.04. The van der Waals surface area contributed by atoms with Gasteiger partial charge in [-0.25, -0.2) is 4.99 Å². The summed E-state index contributed by atoms with van der Waals surface area (Å²) in [5, 5.41) is 24.3. The molecule has 0 unspecified atom stereocenters. The number of benzene rings is 1. The van der Waals surface area contributed by atoms with Gasteiger partial charge in [-0.2, -0.15) is 0 Å². The normalized spacial score (nSPS) is 10.9. The van der Waals surface area contributed by atoms with Gasteiger partial charge in [0.05, 0.1) is 18.1 Å². The molecule has 8 heteroatoms. The quantitative estimate of drug-likeness (QED) is 0.521. The molecule has 0 spiro atoms. The molecule has 1 N–H and O–H groups in total. The van der Waals surface area contributed by atoms with E-state index in [1.54, 1.807) is 13.0 Å². The molecule has 0 atom stereocenters. The zero-order valence-corrected chi connectivity index (χ0v) is 10.7. The van der Waals surface area contributed by atoms with Crippen LogP contribution in [0.4, 0.5) is 11.5 Å². The van der Waals surface area contributed by atoms with Crippen LogP contribution in [0.1, 0.15) is 11.3 Å². The largest absolute Gasteiger partial charge is 0.502 e. The van der Waals surface area contributed by atoms with Crippen LogP contribution in [0.15, 0.2) is 27.7 Å². The molecule has 0 aliphatic rings. The topological polar surface area (TPSA) is 111 Å². The van der Waals surface area contributed by atoms with Crippen molar-refractivity contribution in [3.8, 4) is 11.5 Å². The van der Waals surface area contributed by atoms with Crippen molar-refractivity contribution >= 4 is 17.7 Å². The number of methoxy groups -OCH3 is 1. The standard InChI is InChI=1S/C12H11N3O5/c1-7-3-11(14-20-7)13-6-8-4-9(19-2)5-10(12(8)16)15(17)18/h3-6,16H,1-2H3. The molecule has 8 nitrogen and oxygen atoms in total. The summed E-state index contributed by atoms with van der Waals surface area (Å²) in [6.45, 7) is 1.71. The number of aromatic hydroxyl groups is 1. The van der Waals surface area contributed by atoms with Crippen LogP contribution in [-0.4, -0.2) is 28.5 Å². The molecule has 104 valence electrons. The molecule has 2 rings (SSSR count). The lowest BCUT2D eigenvalue weighted by molar-refractivity contribution is -0.385. The monoisotopic (exact) mass is 277 g/mol. The summed E-state index contributed by atoms with van der Waals surface area (Å²) < 4.78 is 9.78. The van der Waals surface area contributed by atoms with Crippen LogP contribution in [0, 0.1) is 17.0 Å². The van der Waals surface area contributed by atoms with Crippen LogP contribution < -0.4 is 4.74 Å². The van der Waals surface area contributed by atoms with Crippen LogP contribution in [-0.2, 0) is 0 Å². The van der Waals surface area contributed by atoms with Crippen molar-refractivity contribution in [3.05, 3.63) is 39.6 Å². The average molecular weight is 277 g/mol. The molecule has 1 aromatic heterocycles. The van der Waals surface area contributed by atoms with E-state index in [0.29, 0.717) is 11.6 Å². The molecule has 1 aromatic carbocycles. The van der Waals surface area contributed by atoms with Gasteiger partial charge >= 0.3 is 5.69 Å². The van der Waals surface area contributed by atoms with Crippen LogP contribution in [0.2, 0.25) is 0 Å². The first-order valence-electron chi connectivity index (χ1n) is 5.54. The molecule has 0 fully saturated rings. The van der Waals surface area contributed by atoms with E-state index >= 15 is 0 Å². The Bertz CT molecular complexity index is 678. The van der Waals surface area contributed by atoms with E-state index in [2.05, 4.69) is 10.1 Å². The molecule has 0 radical (unpaired) electrons. The molecular weight excluding hydrogens is 266 g/mol. The second kappa shape index (κ2) is 5.39. The number of nitro benzene ring substituents is 1. The van der Waals surface area contributed by atoms with Gasteiger partial charge in [0.15, 0.2) is 5.82 Å². The van der Waals surface area contributed by atoms with Crippen LogP contribution in [0.3, 0.4) is 0 Å². The Morgan fingerprint density at radius 2 is 2.25 bits per heavy atom. The Kier molecular flexibility index (Phi) is 3.65. The fraction of sp³-hybridized carbons (Fsp3) is 0.167. The van der Waals surface area contributed by atoms with Crippen molar-refractivity contribution in [3.63, 3.8) is 0 Å². The molecule has 1 heterocycles. The smallest absolute Gasteiger partial charge is 0.315 e. The maximum absolute atomic E-state index is 10.8. The molecule has 20 heavy (non-hydrogen) atoms. The molecule has 2 aromatic rings. The third-order valence-electron chi connectivity index (χ3n) is 2.48. The molecule has 0 saturated carbocycles. The van der Waals surface area contributed by atoms with E-state index in [-0.39, 0.29) is 11.3 Å². The number of ether oxygens (including phenoxy) is 1. The minimum absolute atomic E-state index is 0.150. The van der Waals surface area contributed by atoms with Crippen molar-refractivity contribution in [2.75, 3.05) is 7.11 Å². The fourth-order valence-electron chi connectivity index (χ4n) is 1.52. The summed E-state index contributed by atoms with van der Waals surface area (Å²) in [6, 6.07) is 4.15. The van der Waals surface area contributed by atoms with Gasteiger partial charge < -0.3 is 14.4 Å². The molecule has 0 aliphatic carbocycles. The maximum Gasteiger partial charge on any atom is 0.315 e. The summed E-state index contributed by atoms with van der Waals surface area (Å²) in [4.78, 5) is 14.1. The van der Waals surface area contributed by atoms with E-state index in [4.69, 9.17) is 9.26 Å².